The minimum atomic E-state index is -0.608. The fourth-order valence-corrected chi connectivity index (χ4v) is 3.68. The number of rotatable bonds is 5. The van der Waals surface area contributed by atoms with Crippen LogP contribution in [0.25, 0.3) is 0 Å². The Labute approximate surface area is 131 Å². The number of nitrogens with zero attached hydrogens (tertiary/aromatic N) is 1. The molecule has 1 atom stereocenters. The fraction of sp³-hybridized carbons (Fsp3) is 0.462. The van der Waals surface area contributed by atoms with Crippen LogP contribution in [0.15, 0.2) is 18.2 Å². The summed E-state index contributed by atoms with van der Waals surface area (Å²) in [4.78, 5) is 22.3. The predicted molar refractivity (Wildman–Crippen MR) is 82.1 cm³/mol. The average Bonchev–Trinajstić information content (AvgIpc) is 2.94. The van der Waals surface area contributed by atoms with E-state index in [9.17, 15) is 14.9 Å². The number of nitro groups is 1. The summed E-state index contributed by atoms with van der Waals surface area (Å²) in [6.07, 6.45) is 0.870. The molecular weight excluding hydrogens is 316 g/mol. The maximum absolute atomic E-state index is 12.1. The van der Waals surface area contributed by atoms with Gasteiger partial charge in [-0.15, -0.1) is 0 Å². The van der Waals surface area contributed by atoms with E-state index in [1.54, 1.807) is 18.9 Å². The van der Waals surface area contributed by atoms with E-state index in [-0.39, 0.29) is 27.8 Å². The molecule has 0 saturated carbocycles. The second kappa shape index (κ2) is 6.64. The molecule has 1 saturated heterocycles. The zero-order valence-corrected chi connectivity index (χ0v) is 13.0. The zero-order valence-electron chi connectivity index (χ0n) is 11.4. The molecule has 114 valence electrons. The third kappa shape index (κ3) is 3.66. The van der Waals surface area contributed by atoms with Gasteiger partial charge in [0.2, 0.25) is 0 Å². The van der Waals surface area contributed by atoms with E-state index in [2.05, 4.69) is 5.32 Å². The lowest BCUT2D eigenvalue weighted by atomic mass is 10.0. The highest BCUT2D eigenvalue weighted by atomic mass is 35.5. The molecule has 1 aromatic rings. The van der Waals surface area contributed by atoms with Crippen molar-refractivity contribution in [2.45, 2.75) is 12.0 Å². The van der Waals surface area contributed by atoms with Gasteiger partial charge in [0, 0.05) is 31.0 Å². The smallest absolute Gasteiger partial charge is 0.288 e. The van der Waals surface area contributed by atoms with Gasteiger partial charge in [0.25, 0.3) is 11.6 Å². The summed E-state index contributed by atoms with van der Waals surface area (Å²) in [6.45, 7) is 0.381. The molecule has 1 aliphatic heterocycles. The van der Waals surface area contributed by atoms with Crippen molar-refractivity contribution in [2.75, 3.05) is 25.2 Å². The van der Waals surface area contributed by atoms with Crippen LogP contribution in [0.4, 0.5) is 5.69 Å². The van der Waals surface area contributed by atoms with Crippen LogP contribution < -0.4 is 5.32 Å². The molecule has 6 nitrogen and oxygen atoms in total. The van der Waals surface area contributed by atoms with Crippen molar-refractivity contribution in [1.82, 2.24) is 5.32 Å². The molecule has 0 aliphatic carbocycles. The van der Waals surface area contributed by atoms with Gasteiger partial charge in [0.15, 0.2) is 0 Å². The van der Waals surface area contributed by atoms with Gasteiger partial charge in [-0.05, 0) is 24.3 Å². The Kier molecular flexibility index (Phi) is 5.08. The van der Waals surface area contributed by atoms with Gasteiger partial charge in [-0.2, -0.15) is 11.8 Å². The Morgan fingerprint density at radius 1 is 1.62 bits per heavy atom. The van der Waals surface area contributed by atoms with E-state index in [1.807, 2.05) is 0 Å². The van der Waals surface area contributed by atoms with Crippen LogP contribution in [-0.2, 0) is 4.74 Å². The average molecular weight is 331 g/mol. The van der Waals surface area contributed by atoms with Crippen LogP contribution >= 0.6 is 23.4 Å². The van der Waals surface area contributed by atoms with Crippen molar-refractivity contribution < 1.29 is 14.5 Å². The number of benzene rings is 1. The highest BCUT2D eigenvalue weighted by molar-refractivity contribution is 7.99. The van der Waals surface area contributed by atoms with Crippen LogP contribution in [0, 0.1) is 10.1 Å². The third-order valence-corrected chi connectivity index (χ3v) is 5.02. The number of methoxy groups -OCH3 is 1. The Bertz CT molecular complexity index is 561. The summed E-state index contributed by atoms with van der Waals surface area (Å²) >= 11 is 7.50. The number of hydrogen-bond donors (Lipinski definition) is 1. The maximum Gasteiger partial charge on any atom is 0.288 e. The lowest BCUT2D eigenvalue weighted by Crippen LogP contribution is -2.44. The van der Waals surface area contributed by atoms with E-state index in [4.69, 9.17) is 16.3 Å². The first kappa shape index (κ1) is 16.1. The fourth-order valence-electron chi connectivity index (χ4n) is 2.10. The molecule has 1 amide bonds. The SMILES string of the molecule is COC1(CNC(=O)c2ccc(Cl)c([N+](=O)[O-])c2)CCSC1. The summed E-state index contributed by atoms with van der Waals surface area (Å²) in [7, 11) is 1.63. The largest absolute Gasteiger partial charge is 0.376 e. The van der Waals surface area contributed by atoms with Gasteiger partial charge in [0.1, 0.15) is 5.02 Å². The summed E-state index contributed by atoms with van der Waals surface area (Å²) in [5, 5.41) is 13.6. The minimum absolute atomic E-state index is 0.0112. The van der Waals surface area contributed by atoms with Crippen molar-refractivity contribution >= 4 is 35.0 Å². The van der Waals surface area contributed by atoms with Crippen LogP contribution in [0.2, 0.25) is 5.02 Å². The Hall–Kier alpha value is -1.31. The van der Waals surface area contributed by atoms with Gasteiger partial charge in [-0.3, -0.25) is 14.9 Å². The monoisotopic (exact) mass is 330 g/mol. The second-order valence-electron chi connectivity index (χ2n) is 4.80. The van der Waals surface area contributed by atoms with E-state index >= 15 is 0 Å². The number of ether oxygens (including phenoxy) is 1. The number of carbonyl (C=O) groups is 1. The molecule has 1 unspecified atom stereocenters. The normalized spacial score (nSPS) is 21.2. The number of nitro benzene ring substituents is 1. The molecule has 2 rings (SSSR count). The highest BCUT2D eigenvalue weighted by Gasteiger charge is 2.34. The number of hydrogen-bond acceptors (Lipinski definition) is 5. The van der Waals surface area contributed by atoms with Crippen LogP contribution in [0.1, 0.15) is 16.8 Å². The molecule has 1 heterocycles. The topological polar surface area (TPSA) is 81.5 Å². The van der Waals surface area contributed by atoms with E-state index in [1.165, 1.54) is 18.2 Å². The minimum Gasteiger partial charge on any atom is -0.376 e. The second-order valence-corrected chi connectivity index (χ2v) is 6.31. The van der Waals surface area contributed by atoms with Crippen molar-refractivity contribution in [3.63, 3.8) is 0 Å². The van der Waals surface area contributed by atoms with Gasteiger partial charge in [-0.25, -0.2) is 0 Å². The van der Waals surface area contributed by atoms with Crippen molar-refractivity contribution in [2.24, 2.45) is 0 Å². The summed E-state index contributed by atoms with van der Waals surface area (Å²) in [5.74, 6) is 1.45. The quantitative estimate of drug-likeness (QED) is 0.662. The molecule has 8 heteroatoms. The van der Waals surface area contributed by atoms with Gasteiger partial charge in [0.05, 0.1) is 10.5 Å². The Morgan fingerprint density at radius 3 is 2.95 bits per heavy atom. The molecular formula is C13H15ClN2O4S. The first-order chi connectivity index (χ1) is 9.97. The standard InChI is InChI=1S/C13H15ClN2O4S/c1-20-13(4-5-21-8-13)7-15-12(17)9-2-3-10(14)11(6-9)16(18)19/h2-3,6H,4-5,7-8H2,1H3,(H,15,17). The first-order valence-electron chi connectivity index (χ1n) is 6.32. The summed E-state index contributed by atoms with van der Waals surface area (Å²) in [6, 6.07) is 4.00. The number of thioether (sulfide) groups is 1. The summed E-state index contributed by atoms with van der Waals surface area (Å²) < 4.78 is 5.50. The molecule has 0 bridgehead atoms. The van der Waals surface area contributed by atoms with E-state index < -0.39 is 4.92 Å². The van der Waals surface area contributed by atoms with Crippen LogP contribution in [0.5, 0.6) is 0 Å². The highest BCUT2D eigenvalue weighted by Crippen LogP contribution is 2.30. The number of carbonyl (C=O) groups excluding carboxylic acids is 1. The number of halogens is 1. The van der Waals surface area contributed by atoms with Gasteiger partial charge < -0.3 is 10.1 Å². The zero-order chi connectivity index (χ0) is 15.5. The number of nitrogens with one attached hydrogen (secondary N) is 1. The molecule has 1 N–H and O–H groups in total. The molecule has 1 aromatic carbocycles. The Balaban J connectivity index is 2.07. The van der Waals surface area contributed by atoms with Crippen LogP contribution in [-0.4, -0.2) is 41.6 Å². The lowest BCUT2D eigenvalue weighted by Gasteiger charge is -2.26. The molecule has 1 aliphatic rings. The maximum atomic E-state index is 12.1. The lowest BCUT2D eigenvalue weighted by molar-refractivity contribution is -0.384. The number of amides is 1. The Morgan fingerprint density at radius 2 is 2.38 bits per heavy atom. The molecule has 0 aromatic heterocycles. The van der Waals surface area contributed by atoms with E-state index in [0.29, 0.717) is 6.54 Å². The van der Waals surface area contributed by atoms with Crippen molar-refractivity contribution in [3.05, 3.63) is 38.9 Å². The third-order valence-electron chi connectivity index (χ3n) is 3.48. The van der Waals surface area contributed by atoms with Gasteiger partial charge in [-0.1, -0.05) is 11.6 Å². The van der Waals surface area contributed by atoms with Gasteiger partial charge >= 0.3 is 0 Å². The van der Waals surface area contributed by atoms with E-state index in [0.717, 1.165) is 17.9 Å². The molecule has 0 spiro atoms. The predicted octanol–water partition coefficient (Wildman–Crippen LogP) is 2.50. The van der Waals surface area contributed by atoms with Crippen molar-refractivity contribution in [1.29, 1.82) is 0 Å². The molecule has 21 heavy (non-hydrogen) atoms. The molecule has 0 radical (unpaired) electrons. The van der Waals surface area contributed by atoms with Crippen LogP contribution in [0.3, 0.4) is 0 Å². The molecule has 1 fully saturated rings. The first-order valence-corrected chi connectivity index (χ1v) is 7.86. The summed E-state index contributed by atoms with van der Waals surface area (Å²) in [5.41, 5.74) is -0.413. The van der Waals surface area contributed by atoms with Crippen molar-refractivity contribution in [3.8, 4) is 0 Å².